The smallest absolute Gasteiger partial charge is 0.254 e. The molecule has 0 bridgehead atoms. The molecule has 0 saturated carbocycles. The van der Waals surface area contributed by atoms with Crippen molar-refractivity contribution in [2.24, 2.45) is 0 Å². The Morgan fingerprint density at radius 3 is 2.29 bits per heavy atom. The minimum atomic E-state index is -3.37. The van der Waals surface area contributed by atoms with Gasteiger partial charge >= 0.3 is 0 Å². The lowest BCUT2D eigenvalue weighted by atomic mass is 10.1. The van der Waals surface area contributed by atoms with Crippen LogP contribution in [0, 0.1) is 13.8 Å². The number of sulfonamides is 1. The van der Waals surface area contributed by atoms with Crippen LogP contribution in [-0.4, -0.2) is 58.7 Å². The summed E-state index contributed by atoms with van der Waals surface area (Å²) in [6, 6.07) is 13.1. The molecular formula is C21H27N3O3S. The van der Waals surface area contributed by atoms with E-state index in [4.69, 9.17) is 0 Å². The highest BCUT2D eigenvalue weighted by Gasteiger charge is 2.24. The molecule has 1 fully saturated rings. The van der Waals surface area contributed by atoms with Crippen LogP contribution < -0.4 is 9.21 Å². The van der Waals surface area contributed by atoms with Crippen molar-refractivity contribution in [3.05, 3.63) is 59.2 Å². The summed E-state index contributed by atoms with van der Waals surface area (Å²) in [4.78, 5) is 17.1. The molecule has 0 spiro atoms. The second-order valence-corrected chi connectivity index (χ2v) is 9.29. The summed E-state index contributed by atoms with van der Waals surface area (Å²) >= 11 is 0. The maximum Gasteiger partial charge on any atom is 0.254 e. The van der Waals surface area contributed by atoms with Crippen LogP contribution >= 0.6 is 0 Å². The predicted octanol–water partition coefficient (Wildman–Crippen LogP) is 2.66. The second kappa shape index (κ2) is 7.83. The second-order valence-electron chi connectivity index (χ2n) is 7.28. The lowest BCUT2D eigenvalue weighted by Crippen LogP contribution is -2.49. The zero-order valence-electron chi connectivity index (χ0n) is 16.8. The molecule has 0 unspecified atom stereocenters. The van der Waals surface area contributed by atoms with E-state index in [1.807, 2.05) is 4.90 Å². The standard InChI is InChI=1S/C21H27N3O3S/c1-16-7-5-10-20(17(16)2)23-11-13-24(14-12-23)21(25)18-8-6-9-19(15-18)22(3)28(4,26)27/h5-10,15H,11-14H2,1-4H3. The fourth-order valence-corrected chi connectivity index (χ4v) is 3.93. The Kier molecular flexibility index (Phi) is 5.65. The summed E-state index contributed by atoms with van der Waals surface area (Å²) in [7, 11) is -1.88. The van der Waals surface area contributed by atoms with Gasteiger partial charge in [-0.2, -0.15) is 0 Å². The van der Waals surface area contributed by atoms with Crippen molar-refractivity contribution in [3.8, 4) is 0 Å². The quantitative estimate of drug-likeness (QED) is 0.790. The first-order chi connectivity index (χ1) is 13.2. The normalized spacial score (nSPS) is 14.9. The van der Waals surface area contributed by atoms with Gasteiger partial charge in [0.05, 0.1) is 11.9 Å². The van der Waals surface area contributed by atoms with Crippen LogP contribution in [0.25, 0.3) is 0 Å². The van der Waals surface area contributed by atoms with Crippen molar-refractivity contribution in [2.75, 3.05) is 48.7 Å². The molecule has 3 rings (SSSR count). The molecule has 28 heavy (non-hydrogen) atoms. The van der Waals surface area contributed by atoms with Gasteiger partial charge in [0.15, 0.2) is 0 Å². The maximum atomic E-state index is 12.9. The third-order valence-corrected chi connectivity index (χ3v) is 6.64. The van der Waals surface area contributed by atoms with Gasteiger partial charge in [0, 0.05) is 44.5 Å². The Labute approximate surface area is 167 Å². The summed E-state index contributed by atoms with van der Waals surface area (Å²) in [5.41, 5.74) is 4.76. The minimum absolute atomic E-state index is 0.0654. The zero-order chi connectivity index (χ0) is 20.5. The highest BCUT2D eigenvalue weighted by Crippen LogP contribution is 2.25. The molecule has 0 aliphatic carbocycles. The molecule has 150 valence electrons. The SMILES string of the molecule is Cc1cccc(N2CCN(C(=O)c3cccc(N(C)S(C)(=O)=O)c3)CC2)c1C. The van der Waals surface area contributed by atoms with Crippen LogP contribution in [0.1, 0.15) is 21.5 Å². The third kappa shape index (κ3) is 4.14. The van der Waals surface area contributed by atoms with E-state index in [1.165, 1.54) is 28.2 Å². The number of benzene rings is 2. The van der Waals surface area contributed by atoms with Crippen molar-refractivity contribution in [1.82, 2.24) is 4.90 Å². The summed E-state index contributed by atoms with van der Waals surface area (Å²) in [5, 5.41) is 0. The highest BCUT2D eigenvalue weighted by atomic mass is 32.2. The number of carbonyl (C=O) groups excluding carboxylic acids is 1. The molecule has 1 aliphatic heterocycles. The molecular weight excluding hydrogens is 374 g/mol. The number of anilines is 2. The van der Waals surface area contributed by atoms with Crippen molar-refractivity contribution < 1.29 is 13.2 Å². The number of aryl methyl sites for hydroxylation is 1. The number of piperazine rings is 1. The molecule has 1 amide bonds. The first kappa shape index (κ1) is 20.2. The van der Waals surface area contributed by atoms with Crippen LogP contribution in [0.4, 0.5) is 11.4 Å². The van der Waals surface area contributed by atoms with E-state index in [2.05, 4.69) is 36.9 Å². The number of amides is 1. The van der Waals surface area contributed by atoms with E-state index >= 15 is 0 Å². The van der Waals surface area contributed by atoms with Crippen molar-refractivity contribution >= 4 is 27.3 Å². The van der Waals surface area contributed by atoms with Gasteiger partial charge in [0.2, 0.25) is 10.0 Å². The largest absolute Gasteiger partial charge is 0.368 e. The Hall–Kier alpha value is -2.54. The number of carbonyl (C=O) groups is 1. The predicted molar refractivity (Wildman–Crippen MR) is 114 cm³/mol. The molecule has 2 aromatic carbocycles. The number of hydrogen-bond donors (Lipinski definition) is 0. The van der Waals surface area contributed by atoms with Gasteiger partial charge in [-0.15, -0.1) is 0 Å². The molecule has 1 saturated heterocycles. The van der Waals surface area contributed by atoms with Gasteiger partial charge in [-0.25, -0.2) is 8.42 Å². The number of rotatable bonds is 4. The Balaban J connectivity index is 1.71. The van der Waals surface area contributed by atoms with E-state index in [0.29, 0.717) is 24.3 Å². The van der Waals surface area contributed by atoms with Crippen molar-refractivity contribution in [2.45, 2.75) is 13.8 Å². The third-order valence-electron chi connectivity index (χ3n) is 5.44. The lowest BCUT2D eigenvalue weighted by Gasteiger charge is -2.37. The molecule has 0 radical (unpaired) electrons. The minimum Gasteiger partial charge on any atom is -0.368 e. The summed E-state index contributed by atoms with van der Waals surface area (Å²) in [6.45, 7) is 7.07. The number of hydrogen-bond acceptors (Lipinski definition) is 4. The summed E-state index contributed by atoms with van der Waals surface area (Å²) in [5.74, 6) is -0.0654. The van der Waals surface area contributed by atoms with E-state index in [-0.39, 0.29) is 5.91 Å². The zero-order valence-corrected chi connectivity index (χ0v) is 17.7. The average Bonchev–Trinajstić information content (AvgIpc) is 2.68. The highest BCUT2D eigenvalue weighted by molar-refractivity contribution is 7.92. The van der Waals surface area contributed by atoms with Gasteiger partial charge in [0.25, 0.3) is 5.91 Å². The van der Waals surface area contributed by atoms with E-state index < -0.39 is 10.0 Å². The molecule has 6 nitrogen and oxygen atoms in total. The molecule has 1 aliphatic rings. The van der Waals surface area contributed by atoms with Gasteiger partial charge in [-0.1, -0.05) is 18.2 Å². The Morgan fingerprint density at radius 2 is 1.64 bits per heavy atom. The van der Waals surface area contributed by atoms with E-state index in [1.54, 1.807) is 24.3 Å². The van der Waals surface area contributed by atoms with Crippen LogP contribution in [0.2, 0.25) is 0 Å². The fraction of sp³-hybridized carbons (Fsp3) is 0.381. The first-order valence-electron chi connectivity index (χ1n) is 9.33. The van der Waals surface area contributed by atoms with Gasteiger partial charge in [0.1, 0.15) is 0 Å². The van der Waals surface area contributed by atoms with Crippen LogP contribution in [0.5, 0.6) is 0 Å². The van der Waals surface area contributed by atoms with Gasteiger partial charge < -0.3 is 9.80 Å². The van der Waals surface area contributed by atoms with Crippen LogP contribution in [0.3, 0.4) is 0 Å². The monoisotopic (exact) mass is 401 g/mol. The molecule has 0 N–H and O–H groups in total. The Bertz CT molecular complexity index is 980. The van der Waals surface area contributed by atoms with Crippen LogP contribution in [0.15, 0.2) is 42.5 Å². The topological polar surface area (TPSA) is 60.9 Å². The molecule has 0 atom stereocenters. The van der Waals surface area contributed by atoms with E-state index in [0.717, 1.165) is 19.3 Å². The fourth-order valence-electron chi connectivity index (χ4n) is 3.44. The van der Waals surface area contributed by atoms with Gasteiger partial charge in [-0.3, -0.25) is 9.10 Å². The molecule has 7 heteroatoms. The first-order valence-corrected chi connectivity index (χ1v) is 11.2. The lowest BCUT2D eigenvalue weighted by molar-refractivity contribution is 0.0747. The molecule has 2 aromatic rings. The van der Waals surface area contributed by atoms with Gasteiger partial charge in [-0.05, 0) is 49.2 Å². The van der Waals surface area contributed by atoms with Crippen molar-refractivity contribution in [3.63, 3.8) is 0 Å². The van der Waals surface area contributed by atoms with Crippen LogP contribution in [-0.2, 0) is 10.0 Å². The average molecular weight is 402 g/mol. The number of nitrogens with zero attached hydrogens (tertiary/aromatic N) is 3. The molecule has 0 aromatic heterocycles. The molecule has 1 heterocycles. The summed E-state index contributed by atoms with van der Waals surface area (Å²) in [6.07, 6.45) is 1.15. The maximum absolute atomic E-state index is 12.9. The summed E-state index contributed by atoms with van der Waals surface area (Å²) < 4.78 is 24.7. The van der Waals surface area contributed by atoms with Crippen molar-refractivity contribution in [1.29, 1.82) is 0 Å². The Morgan fingerprint density at radius 1 is 1.00 bits per heavy atom. The van der Waals surface area contributed by atoms with E-state index in [9.17, 15) is 13.2 Å².